The van der Waals surface area contributed by atoms with E-state index in [1.807, 2.05) is 0 Å². The minimum Gasteiger partial charge on any atom is -0.327 e. The number of aryl methyl sites for hydroxylation is 1. The van der Waals surface area contributed by atoms with E-state index in [0.717, 1.165) is 5.92 Å². The molecule has 0 heterocycles. The van der Waals surface area contributed by atoms with Crippen molar-refractivity contribution in [2.45, 2.75) is 51.5 Å². The summed E-state index contributed by atoms with van der Waals surface area (Å²) in [5, 5.41) is 0. The molecule has 16 heavy (non-hydrogen) atoms. The molecule has 1 nitrogen and oxygen atoms in total. The molecular weight excluding hydrogens is 194 g/mol. The number of nitrogens with two attached hydrogens (primary N) is 1. The van der Waals surface area contributed by atoms with Gasteiger partial charge in [-0.15, -0.1) is 0 Å². The van der Waals surface area contributed by atoms with E-state index < -0.39 is 0 Å². The van der Waals surface area contributed by atoms with Crippen molar-refractivity contribution in [2.75, 3.05) is 0 Å². The number of hydrogen-bond acceptors (Lipinski definition) is 1. The predicted octanol–water partition coefficient (Wildman–Crippen LogP) is 3.48. The van der Waals surface area contributed by atoms with Gasteiger partial charge in [-0.3, -0.25) is 0 Å². The highest BCUT2D eigenvalue weighted by molar-refractivity contribution is 5.28. The lowest BCUT2D eigenvalue weighted by molar-refractivity contribution is 0.198. The summed E-state index contributed by atoms with van der Waals surface area (Å²) in [6.45, 7) is 4.48. The summed E-state index contributed by atoms with van der Waals surface area (Å²) in [6.07, 6.45) is 4.81. The van der Waals surface area contributed by atoms with E-state index >= 15 is 0 Å². The van der Waals surface area contributed by atoms with E-state index in [2.05, 4.69) is 38.1 Å². The molecule has 0 saturated heterocycles. The lowest BCUT2D eigenvalue weighted by atomic mass is 9.65. The van der Waals surface area contributed by atoms with Gasteiger partial charge in [0.05, 0.1) is 0 Å². The van der Waals surface area contributed by atoms with Gasteiger partial charge in [0.15, 0.2) is 0 Å². The summed E-state index contributed by atoms with van der Waals surface area (Å²) in [4.78, 5) is 0. The fourth-order valence-corrected chi connectivity index (χ4v) is 2.94. The fraction of sp³-hybridized carbons (Fsp3) is 0.600. The summed E-state index contributed by atoms with van der Waals surface area (Å²) < 4.78 is 0. The molecule has 88 valence electrons. The maximum atomic E-state index is 6.04. The molecule has 0 spiro atoms. The second-order valence-electron chi connectivity index (χ2n) is 5.07. The van der Waals surface area contributed by atoms with Crippen molar-refractivity contribution in [3.05, 3.63) is 35.4 Å². The maximum absolute atomic E-state index is 6.04. The number of hydrogen-bond donors (Lipinski definition) is 1. The van der Waals surface area contributed by atoms with Gasteiger partial charge in [-0.1, -0.05) is 51.0 Å². The van der Waals surface area contributed by atoms with Crippen LogP contribution in [0.5, 0.6) is 0 Å². The van der Waals surface area contributed by atoms with Crippen molar-refractivity contribution < 1.29 is 0 Å². The van der Waals surface area contributed by atoms with Crippen LogP contribution in [0.1, 0.15) is 50.2 Å². The van der Waals surface area contributed by atoms with Crippen LogP contribution in [0.4, 0.5) is 0 Å². The molecule has 2 N–H and O–H groups in total. The van der Waals surface area contributed by atoms with E-state index in [4.69, 9.17) is 5.73 Å². The normalized spacial score (nSPS) is 28.8. The van der Waals surface area contributed by atoms with Crippen molar-refractivity contribution in [3.8, 4) is 0 Å². The van der Waals surface area contributed by atoms with E-state index in [1.54, 1.807) is 0 Å². The van der Waals surface area contributed by atoms with Crippen molar-refractivity contribution in [3.63, 3.8) is 0 Å². The average molecular weight is 217 g/mol. The Labute approximate surface area is 99.0 Å². The topological polar surface area (TPSA) is 26.0 Å². The molecule has 3 unspecified atom stereocenters. The zero-order chi connectivity index (χ0) is 11.5. The van der Waals surface area contributed by atoms with Crippen LogP contribution in [0.2, 0.25) is 0 Å². The van der Waals surface area contributed by atoms with Crippen molar-refractivity contribution in [1.82, 2.24) is 0 Å². The van der Waals surface area contributed by atoms with Crippen LogP contribution in [0.25, 0.3) is 0 Å². The minimum absolute atomic E-state index is 0.435. The van der Waals surface area contributed by atoms with Crippen LogP contribution in [-0.2, 0) is 6.42 Å². The maximum Gasteiger partial charge on any atom is 0.00788 e. The SMILES string of the molecule is CCCc1ccc(C2CC(N)C2CC)cc1. The molecule has 1 aromatic rings. The quantitative estimate of drug-likeness (QED) is 0.821. The largest absolute Gasteiger partial charge is 0.327 e. The molecule has 1 aromatic carbocycles. The first-order valence-electron chi connectivity index (χ1n) is 6.60. The van der Waals surface area contributed by atoms with Gasteiger partial charge >= 0.3 is 0 Å². The first-order valence-corrected chi connectivity index (χ1v) is 6.60. The highest BCUT2D eigenvalue weighted by Gasteiger charge is 2.37. The van der Waals surface area contributed by atoms with Gasteiger partial charge in [-0.2, -0.15) is 0 Å². The molecule has 3 atom stereocenters. The molecule has 0 bridgehead atoms. The second kappa shape index (κ2) is 5.01. The summed E-state index contributed by atoms with van der Waals surface area (Å²) in [5.41, 5.74) is 8.99. The summed E-state index contributed by atoms with van der Waals surface area (Å²) in [7, 11) is 0. The molecular formula is C15H23N. The van der Waals surface area contributed by atoms with Crippen molar-refractivity contribution in [1.29, 1.82) is 0 Å². The number of rotatable bonds is 4. The average Bonchev–Trinajstić information content (AvgIpc) is 2.28. The van der Waals surface area contributed by atoms with Crippen LogP contribution in [0, 0.1) is 5.92 Å². The van der Waals surface area contributed by atoms with Crippen LogP contribution in [-0.4, -0.2) is 6.04 Å². The third-order valence-corrected chi connectivity index (χ3v) is 4.01. The first-order chi connectivity index (χ1) is 7.76. The minimum atomic E-state index is 0.435. The smallest absolute Gasteiger partial charge is 0.00788 e. The van der Waals surface area contributed by atoms with E-state index in [1.165, 1.54) is 36.8 Å². The van der Waals surface area contributed by atoms with Gasteiger partial charge < -0.3 is 5.73 Å². The first kappa shape index (κ1) is 11.7. The molecule has 0 radical (unpaired) electrons. The van der Waals surface area contributed by atoms with Gasteiger partial charge in [-0.25, -0.2) is 0 Å². The van der Waals surface area contributed by atoms with Gasteiger partial charge in [0.1, 0.15) is 0 Å². The third kappa shape index (κ3) is 2.15. The Morgan fingerprint density at radius 1 is 1.19 bits per heavy atom. The van der Waals surface area contributed by atoms with E-state index in [-0.39, 0.29) is 0 Å². The molecule has 1 aliphatic rings. The Balaban J connectivity index is 2.05. The van der Waals surface area contributed by atoms with Crippen molar-refractivity contribution >= 4 is 0 Å². The molecule has 0 amide bonds. The molecule has 0 aromatic heterocycles. The molecule has 1 fully saturated rings. The van der Waals surface area contributed by atoms with Gasteiger partial charge in [0.2, 0.25) is 0 Å². The lowest BCUT2D eigenvalue weighted by Crippen LogP contribution is -2.45. The van der Waals surface area contributed by atoms with E-state index in [0.29, 0.717) is 12.0 Å². The monoisotopic (exact) mass is 217 g/mol. The second-order valence-corrected chi connectivity index (χ2v) is 5.07. The van der Waals surface area contributed by atoms with Gasteiger partial charge in [0, 0.05) is 6.04 Å². The van der Waals surface area contributed by atoms with Crippen LogP contribution < -0.4 is 5.73 Å². The Morgan fingerprint density at radius 3 is 2.38 bits per heavy atom. The molecule has 2 rings (SSSR count). The zero-order valence-corrected chi connectivity index (χ0v) is 10.4. The fourth-order valence-electron chi connectivity index (χ4n) is 2.94. The lowest BCUT2D eigenvalue weighted by Gasteiger charge is -2.42. The summed E-state index contributed by atoms with van der Waals surface area (Å²) in [5.74, 6) is 1.42. The highest BCUT2D eigenvalue weighted by atomic mass is 14.7. The standard InChI is InChI=1S/C15H23N/c1-3-5-11-6-8-12(9-7-11)14-10-15(16)13(14)4-2/h6-9,13-15H,3-5,10,16H2,1-2H3. The molecule has 1 heteroatoms. The Morgan fingerprint density at radius 2 is 1.88 bits per heavy atom. The summed E-state index contributed by atoms with van der Waals surface area (Å²) in [6, 6.07) is 9.63. The summed E-state index contributed by atoms with van der Waals surface area (Å²) >= 11 is 0. The van der Waals surface area contributed by atoms with Gasteiger partial charge in [0.25, 0.3) is 0 Å². The third-order valence-electron chi connectivity index (χ3n) is 4.01. The van der Waals surface area contributed by atoms with Crippen LogP contribution >= 0.6 is 0 Å². The Hall–Kier alpha value is -0.820. The Bertz CT molecular complexity index is 328. The molecule has 1 saturated carbocycles. The van der Waals surface area contributed by atoms with Crippen LogP contribution in [0.3, 0.4) is 0 Å². The predicted molar refractivity (Wildman–Crippen MR) is 69.6 cm³/mol. The Kier molecular flexibility index (Phi) is 3.65. The zero-order valence-electron chi connectivity index (χ0n) is 10.4. The highest BCUT2D eigenvalue weighted by Crippen LogP contribution is 2.43. The van der Waals surface area contributed by atoms with Crippen molar-refractivity contribution in [2.24, 2.45) is 11.7 Å². The molecule has 0 aliphatic heterocycles. The van der Waals surface area contributed by atoms with E-state index in [9.17, 15) is 0 Å². The molecule has 1 aliphatic carbocycles. The van der Waals surface area contributed by atoms with Crippen LogP contribution in [0.15, 0.2) is 24.3 Å². The van der Waals surface area contributed by atoms with Gasteiger partial charge in [-0.05, 0) is 35.8 Å². The number of benzene rings is 1.